The fraction of sp³-hybridized carbons (Fsp3) is 0.111. The van der Waals surface area contributed by atoms with E-state index in [9.17, 15) is 9.18 Å². The molecule has 6 nitrogen and oxygen atoms in total. The Hall–Kier alpha value is -3.35. The number of aromatic nitrogens is 3. The van der Waals surface area contributed by atoms with Crippen molar-refractivity contribution in [1.29, 1.82) is 0 Å². The van der Waals surface area contributed by atoms with Crippen molar-refractivity contribution in [3.05, 3.63) is 71.7 Å². The smallest absolute Gasteiger partial charge is 0.249 e. The largest absolute Gasteiger partial charge is 0.364 e. The second kappa shape index (κ2) is 7.48. The van der Waals surface area contributed by atoms with Crippen molar-refractivity contribution < 1.29 is 9.18 Å². The van der Waals surface area contributed by atoms with Crippen LogP contribution in [0.2, 0.25) is 0 Å². The monoisotopic (exact) mass is 337 g/mol. The lowest BCUT2D eigenvalue weighted by atomic mass is 10.1. The van der Waals surface area contributed by atoms with E-state index in [2.05, 4.69) is 25.8 Å². The molecule has 0 saturated carbocycles. The van der Waals surface area contributed by atoms with Crippen molar-refractivity contribution in [2.75, 3.05) is 10.6 Å². The van der Waals surface area contributed by atoms with E-state index in [1.165, 1.54) is 19.2 Å². The van der Waals surface area contributed by atoms with E-state index >= 15 is 0 Å². The predicted octanol–water partition coefficient (Wildman–Crippen LogP) is 3.57. The molecule has 0 spiro atoms. The van der Waals surface area contributed by atoms with Crippen molar-refractivity contribution in [2.45, 2.75) is 13.5 Å². The summed E-state index contributed by atoms with van der Waals surface area (Å²) in [7, 11) is 0. The third kappa shape index (κ3) is 4.35. The average molecular weight is 337 g/mol. The summed E-state index contributed by atoms with van der Waals surface area (Å²) in [4.78, 5) is 15.7. The van der Waals surface area contributed by atoms with Gasteiger partial charge in [-0.3, -0.25) is 4.79 Å². The van der Waals surface area contributed by atoms with Gasteiger partial charge >= 0.3 is 0 Å². The van der Waals surface area contributed by atoms with Gasteiger partial charge < -0.3 is 10.6 Å². The molecule has 0 fully saturated rings. The third-order valence-electron chi connectivity index (χ3n) is 3.50. The Balaban J connectivity index is 1.70. The third-order valence-corrected chi connectivity index (χ3v) is 3.50. The van der Waals surface area contributed by atoms with Gasteiger partial charge in [-0.2, -0.15) is 10.1 Å². The Morgan fingerprint density at radius 3 is 2.80 bits per heavy atom. The number of carbonyl (C=O) groups excluding carboxylic acids is 1. The van der Waals surface area contributed by atoms with Crippen molar-refractivity contribution in [1.82, 2.24) is 15.2 Å². The number of Topliss-reactive ketones (excluding diaryl/α,β-unsaturated/α-hetero) is 1. The summed E-state index contributed by atoms with van der Waals surface area (Å²) in [6.07, 6.45) is 1.46. The molecule has 0 radical (unpaired) electrons. The molecule has 25 heavy (non-hydrogen) atoms. The van der Waals surface area contributed by atoms with E-state index in [1.54, 1.807) is 42.5 Å². The number of benzene rings is 2. The highest BCUT2D eigenvalue weighted by atomic mass is 19.1. The van der Waals surface area contributed by atoms with Gasteiger partial charge in [0.05, 0.1) is 6.20 Å². The highest BCUT2D eigenvalue weighted by Gasteiger charge is 2.05. The second-order valence-electron chi connectivity index (χ2n) is 5.37. The van der Waals surface area contributed by atoms with E-state index < -0.39 is 0 Å². The summed E-state index contributed by atoms with van der Waals surface area (Å²) in [5.74, 6) is 0.433. The van der Waals surface area contributed by atoms with Crippen LogP contribution < -0.4 is 10.6 Å². The van der Waals surface area contributed by atoms with E-state index in [-0.39, 0.29) is 24.1 Å². The molecule has 3 rings (SSSR count). The minimum absolute atomic E-state index is 0.0250. The number of rotatable bonds is 6. The molecule has 1 heterocycles. The van der Waals surface area contributed by atoms with Gasteiger partial charge in [-0.25, -0.2) is 4.39 Å². The van der Waals surface area contributed by atoms with Crippen LogP contribution in [0.4, 0.5) is 21.8 Å². The van der Waals surface area contributed by atoms with Gasteiger partial charge in [0.25, 0.3) is 0 Å². The number of nitrogens with one attached hydrogen (secondary N) is 2. The second-order valence-corrected chi connectivity index (χ2v) is 5.37. The molecule has 0 atom stereocenters. The minimum Gasteiger partial charge on any atom is -0.364 e. The lowest BCUT2D eigenvalue weighted by molar-refractivity contribution is 0.101. The maximum Gasteiger partial charge on any atom is 0.249 e. The SMILES string of the molecule is CC(=O)c1cccc(Nc2nncc(NCc3ccccc3F)n2)c1. The molecule has 0 aliphatic carbocycles. The molecule has 0 aliphatic rings. The van der Waals surface area contributed by atoms with Gasteiger partial charge in [0.1, 0.15) is 5.82 Å². The van der Waals surface area contributed by atoms with Crippen LogP contribution in [0.15, 0.2) is 54.7 Å². The van der Waals surface area contributed by atoms with Gasteiger partial charge in [0.2, 0.25) is 5.95 Å². The number of halogens is 1. The summed E-state index contributed by atoms with van der Waals surface area (Å²) in [5, 5.41) is 13.8. The molecule has 1 aromatic heterocycles. The Kier molecular flexibility index (Phi) is 4.94. The maximum absolute atomic E-state index is 13.6. The molecule has 2 N–H and O–H groups in total. The van der Waals surface area contributed by atoms with Gasteiger partial charge in [-0.1, -0.05) is 30.3 Å². The molecule has 2 aromatic carbocycles. The van der Waals surface area contributed by atoms with E-state index in [0.717, 1.165) is 0 Å². The summed E-state index contributed by atoms with van der Waals surface area (Å²) in [6.45, 7) is 1.79. The van der Waals surface area contributed by atoms with Crippen LogP contribution in [0, 0.1) is 5.82 Å². The van der Waals surface area contributed by atoms with Crippen molar-refractivity contribution in [3.63, 3.8) is 0 Å². The van der Waals surface area contributed by atoms with Gasteiger partial charge in [-0.05, 0) is 25.1 Å². The Labute approximate surface area is 144 Å². The highest BCUT2D eigenvalue weighted by molar-refractivity contribution is 5.95. The summed E-state index contributed by atoms with van der Waals surface area (Å²) in [6, 6.07) is 13.5. The fourth-order valence-electron chi connectivity index (χ4n) is 2.21. The Morgan fingerprint density at radius 1 is 1.16 bits per heavy atom. The first kappa shape index (κ1) is 16.5. The van der Waals surface area contributed by atoms with Crippen LogP contribution >= 0.6 is 0 Å². The average Bonchev–Trinajstić information content (AvgIpc) is 2.61. The van der Waals surface area contributed by atoms with Crippen LogP contribution in [-0.4, -0.2) is 21.0 Å². The lowest BCUT2D eigenvalue weighted by Gasteiger charge is -2.09. The van der Waals surface area contributed by atoms with Gasteiger partial charge in [0, 0.05) is 23.4 Å². The number of nitrogens with zero attached hydrogens (tertiary/aromatic N) is 3. The van der Waals surface area contributed by atoms with Crippen LogP contribution in [-0.2, 0) is 6.54 Å². The first-order valence-electron chi connectivity index (χ1n) is 7.67. The van der Waals surface area contributed by atoms with Gasteiger partial charge in [-0.15, -0.1) is 5.10 Å². The standard InChI is InChI=1S/C18H16FN5O/c1-12(25)13-6-4-7-15(9-13)22-18-23-17(11-21-24-18)20-10-14-5-2-3-8-16(14)19/h2-9,11H,10H2,1H3,(H2,20,22,23,24). The molecule has 0 amide bonds. The normalized spacial score (nSPS) is 10.3. The molecule has 0 saturated heterocycles. The first-order valence-corrected chi connectivity index (χ1v) is 7.67. The maximum atomic E-state index is 13.6. The summed E-state index contributed by atoms with van der Waals surface area (Å²) in [5.41, 5.74) is 1.80. The fourth-order valence-corrected chi connectivity index (χ4v) is 2.21. The number of carbonyl (C=O) groups is 1. The van der Waals surface area contributed by atoms with Crippen LogP contribution in [0.25, 0.3) is 0 Å². The molecular weight excluding hydrogens is 321 g/mol. The number of hydrogen-bond donors (Lipinski definition) is 2. The quantitative estimate of drug-likeness (QED) is 0.670. The Bertz CT molecular complexity index is 900. The van der Waals surface area contributed by atoms with E-state index in [0.29, 0.717) is 22.6 Å². The first-order chi connectivity index (χ1) is 12.1. The molecule has 0 unspecified atom stereocenters. The van der Waals surface area contributed by atoms with Crippen molar-refractivity contribution in [3.8, 4) is 0 Å². The molecule has 0 bridgehead atoms. The number of hydrogen-bond acceptors (Lipinski definition) is 6. The number of anilines is 3. The highest BCUT2D eigenvalue weighted by Crippen LogP contribution is 2.16. The van der Waals surface area contributed by atoms with Crippen molar-refractivity contribution in [2.24, 2.45) is 0 Å². The topological polar surface area (TPSA) is 79.8 Å². The van der Waals surface area contributed by atoms with E-state index in [4.69, 9.17) is 0 Å². The summed E-state index contributed by atoms with van der Waals surface area (Å²) < 4.78 is 13.6. The van der Waals surface area contributed by atoms with Crippen LogP contribution in [0.5, 0.6) is 0 Å². The zero-order valence-corrected chi connectivity index (χ0v) is 13.5. The molecular formula is C18H16FN5O. The molecule has 3 aromatic rings. The van der Waals surface area contributed by atoms with Crippen LogP contribution in [0.1, 0.15) is 22.8 Å². The summed E-state index contributed by atoms with van der Waals surface area (Å²) >= 11 is 0. The molecule has 7 heteroatoms. The Morgan fingerprint density at radius 2 is 2.00 bits per heavy atom. The molecule has 126 valence electrons. The molecule has 0 aliphatic heterocycles. The zero-order chi connectivity index (χ0) is 17.6. The zero-order valence-electron chi connectivity index (χ0n) is 13.5. The minimum atomic E-state index is -0.281. The predicted molar refractivity (Wildman–Crippen MR) is 93.3 cm³/mol. The van der Waals surface area contributed by atoms with Crippen molar-refractivity contribution >= 4 is 23.2 Å². The number of ketones is 1. The van der Waals surface area contributed by atoms with E-state index in [1.807, 2.05) is 0 Å². The lowest BCUT2D eigenvalue weighted by Crippen LogP contribution is -2.06. The van der Waals surface area contributed by atoms with Crippen LogP contribution in [0.3, 0.4) is 0 Å². The van der Waals surface area contributed by atoms with Gasteiger partial charge in [0.15, 0.2) is 11.6 Å².